The van der Waals surface area contributed by atoms with Crippen LogP contribution in [0, 0.1) is 0 Å². The van der Waals surface area contributed by atoms with E-state index >= 15 is 0 Å². The van der Waals surface area contributed by atoms with Gasteiger partial charge in [-0.3, -0.25) is 14.3 Å². The molecule has 34 heavy (non-hydrogen) atoms. The van der Waals surface area contributed by atoms with Gasteiger partial charge >= 0.3 is 0 Å². The fourth-order valence-corrected chi connectivity index (χ4v) is 5.67. The number of carbonyl (C=O) groups excluding carboxylic acids is 2. The monoisotopic (exact) mass is 481 g/mol. The van der Waals surface area contributed by atoms with Crippen molar-refractivity contribution in [2.24, 2.45) is 18.5 Å². The average Bonchev–Trinajstić information content (AvgIpc) is 3.41. The molecule has 2 amide bonds. The Morgan fingerprint density at radius 3 is 2.65 bits per heavy atom. The Labute approximate surface area is 201 Å². The highest BCUT2D eigenvalue weighted by molar-refractivity contribution is 7.16. The minimum atomic E-state index is -0.601. The second-order valence-electron chi connectivity index (χ2n) is 8.57. The zero-order valence-electron chi connectivity index (χ0n) is 19.0. The Morgan fingerprint density at radius 1 is 1.21 bits per heavy atom. The van der Waals surface area contributed by atoms with E-state index in [0.29, 0.717) is 48.4 Å². The van der Waals surface area contributed by atoms with Gasteiger partial charge in [-0.15, -0.1) is 0 Å². The van der Waals surface area contributed by atoms with Crippen LogP contribution in [0.1, 0.15) is 26.4 Å². The molecule has 4 N–H and O–H groups in total. The maximum Gasteiger partial charge on any atom is 0.259 e. The topological polar surface area (TPSA) is 126 Å². The molecule has 1 aliphatic heterocycles. The van der Waals surface area contributed by atoms with Gasteiger partial charge in [-0.05, 0) is 48.1 Å². The third kappa shape index (κ3) is 4.20. The molecule has 0 spiro atoms. The summed E-state index contributed by atoms with van der Waals surface area (Å²) in [7, 11) is 1.88. The quantitative estimate of drug-likeness (QED) is 0.554. The predicted octanol–water partition coefficient (Wildman–Crippen LogP) is 1.87. The van der Waals surface area contributed by atoms with Gasteiger partial charge in [0, 0.05) is 20.1 Å². The molecule has 2 aromatic heterocycles. The smallest absolute Gasteiger partial charge is 0.259 e. The van der Waals surface area contributed by atoms with E-state index in [2.05, 4.69) is 5.10 Å². The van der Waals surface area contributed by atoms with Crippen LogP contribution in [0.25, 0.3) is 11.3 Å². The van der Waals surface area contributed by atoms with E-state index in [4.69, 9.17) is 20.9 Å². The van der Waals surface area contributed by atoms with Crippen molar-refractivity contribution in [1.82, 2.24) is 14.7 Å². The summed E-state index contributed by atoms with van der Waals surface area (Å²) in [6, 6.07) is 6.92. The first-order valence-corrected chi connectivity index (χ1v) is 12.1. The van der Waals surface area contributed by atoms with Crippen molar-refractivity contribution in [1.29, 1.82) is 0 Å². The maximum absolute atomic E-state index is 12.6. The summed E-state index contributed by atoms with van der Waals surface area (Å²) in [5.41, 5.74) is 16.7. The molecule has 2 aliphatic rings. The third-order valence-electron chi connectivity index (χ3n) is 6.32. The molecule has 5 rings (SSSR count). The van der Waals surface area contributed by atoms with Gasteiger partial charge < -0.3 is 25.8 Å². The lowest BCUT2D eigenvalue weighted by Crippen LogP contribution is -2.49. The van der Waals surface area contributed by atoms with Gasteiger partial charge in [0.1, 0.15) is 5.75 Å². The lowest BCUT2D eigenvalue weighted by Gasteiger charge is -2.29. The highest BCUT2D eigenvalue weighted by Gasteiger charge is 2.31. The largest absolute Gasteiger partial charge is 0.446 e. The van der Waals surface area contributed by atoms with Crippen LogP contribution in [0.2, 0.25) is 0 Å². The van der Waals surface area contributed by atoms with E-state index < -0.39 is 11.9 Å². The molecule has 3 aromatic rings. The van der Waals surface area contributed by atoms with Crippen molar-refractivity contribution < 1.29 is 19.1 Å². The summed E-state index contributed by atoms with van der Waals surface area (Å²) in [5, 5.41) is 5.01. The van der Waals surface area contributed by atoms with Gasteiger partial charge in [-0.1, -0.05) is 23.5 Å². The normalized spacial score (nSPS) is 16.0. The molecule has 1 atom stereocenters. The molecule has 1 aliphatic carbocycles. The number of primary amides is 1. The Bertz CT molecular complexity index is 1230. The van der Waals surface area contributed by atoms with Gasteiger partial charge in [-0.25, -0.2) is 0 Å². The van der Waals surface area contributed by atoms with E-state index in [0.717, 1.165) is 40.8 Å². The number of aromatic nitrogens is 2. The van der Waals surface area contributed by atoms with Crippen molar-refractivity contribution >= 4 is 23.2 Å². The maximum atomic E-state index is 12.6. The number of rotatable bonds is 6. The van der Waals surface area contributed by atoms with Crippen LogP contribution in [-0.2, 0) is 35.8 Å². The molecule has 3 heterocycles. The summed E-state index contributed by atoms with van der Waals surface area (Å²) in [6.07, 6.45) is 3.83. The number of nitrogens with zero attached hydrogens (tertiary/aromatic N) is 3. The Balaban J connectivity index is 1.34. The molecule has 1 saturated heterocycles. The van der Waals surface area contributed by atoms with Gasteiger partial charge in [0.25, 0.3) is 5.91 Å². The molecule has 178 valence electrons. The number of thiophene rings is 1. The van der Waals surface area contributed by atoms with Crippen LogP contribution in [-0.4, -0.2) is 58.8 Å². The highest BCUT2D eigenvalue weighted by Crippen LogP contribution is 2.48. The molecule has 1 fully saturated rings. The number of fused-ring (bicyclic) bond motifs is 3. The standard InChI is InChI=1S/C24H27N5O4S/c1-28-20-15(13-27-28)4-7-17-19(20)24(34-21(17)22(26)30)33-16-5-2-14(3-6-16)12-18(25)23(31)29-8-10-32-11-9-29/h2-3,5-6,13,18H,4,7-12,25H2,1H3,(H2,26,30)/t18-/m0/s1. The zero-order valence-corrected chi connectivity index (χ0v) is 19.8. The van der Waals surface area contributed by atoms with Crippen LogP contribution in [0.5, 0.6) is 10.8 Å². The van der Waals surface area contributed by atoms with Crippen LogP contribution in [0.4, 0.5) is 0 Å². The molecule has 0 saturated carbocycles. The lowest BCUT2D eigenvalue weighted by molar-refractivity contribution is -0.136. The van der Waals surface area contributed by atoms with E-state index in [-0.39, 0.29) is 5.91 Å². The SMILES string of the molecule is Cn1ncc2c1-c1c(Oc3ccc(C[C@H](N)C(=O)N4CCOCC4)cc3)sc(C(N)=O)c1CC2. The lowest BCUT2D eigenvalue weighted by atomic mass is 9.91. The molecule has 9 nitrogen and oxygen atoms in total. The number of carbonyl (C=O) groups is 2. The average molecular weight is 482 g/mol. The molecule has 0 unspecified atom stereocenters. The molecular weight excluding hydrogens is 454 g/mol. The molecule has 10 heteroatoms. The van der Waals surface area contributed by atoms with Crippen LogP contribution >= 0.6 is 11.3 Å². The number of amides is 2. The Hall–Kier alpha value is -3.21. The number of benzene rings is 1. The van der Waals surface area contributed by atoms with E-state index in [1.165, 1.54) is 11.3 Å². The molecule has 0 radical (unpaired) electrons. The number of aryl methyl sites for hydroxylation is 2. The first kappa shape index (κ1) is 22.6. The van der Waals surface area contributed by atoms with Crippen molar-refractivity contribution in [3.8, 4) is 22.1 Å². The van der Waals surface area contributed by atoms with Crippen molar-refractivity contribution in [2.45, 2.75) is 25.3 Å². The summed E-state index contributed by atoms with van der Waals surface area (Å²) >= 11 is 1.27. The van der Waals surface area contributed by atoms with E-state index in [1.807, 2.05) is 42.2 Å². The van der Waals surface area contributed by atoms with Crippen molar-refractivity contribution in [3.05, 3.63) is 52.0 Å². The minimum Gasteiger partial charge on any atom is -0.446 e. The number of ether oxygens (including phenoxy) is 2. The van der Waals surface area contributed by atoms with Crippen LogP contribution in [0.3, 0.4) is 0 Å². The van der Waals surface area contributed by atoms with E-state index in [1.54, 1.807) is 4.90 Å². The second kappa shape index (κ2) is 9.21. The number of hydrogen-bond donors (Lipinski definition) is 2. The van der Waals surface area contributed by atoms with Crippen LogP contribution < -0.4 is 16.2 Å². The molecule has 1 aromatic carbocycles. The number of morpholine rings is 1. The molecule has 0 bridgehead atoms. The highest BCUT2D eigenvalue weighted by atomic mass is 32.1. The first-order chi connectivity index (χ1) is 16.4. The summed E-state index contributed by atoms with van der Waals surface area (Å²) in [6.45, 7) is 2.26. The predicted molar refractivity (Wildman–Crippen MR) is 128 cm³/mol. The fraction of sp³-hybridized carbons (Fsp3) is 0.375. The van der Waals surface area contributed by atoms with Gasteiger partial charge in [-0.2, -0.15) is 5.10 Å². The Kier molecular flexibility index (Phi) is 6.11. The van der Waals surface area contributed by atoms with Crippen molar-refractivity contribution in [3.63, 3.8) is 0 Å². The van der Waals surface area contributed by atoms with Crippen molar-refractivity contribution in [2.75, 3.05) is 26.3 Å². The Morgan fingerprint density at radius 2 is 1.94 bits per heavy atom. The molecular formula is C24H27N5O4S. The first-order valence-electron chi connectivity index (χ1n) is 11.3. The summed E-state index contributed by atoms with van der Waals surface area (Å²) in [4.78, 5) is 27.0. The second-order valence-corrected chi connectivity index (χ2v) is 9.56. The zero-order chi connectivity index (χ0) is 23.8. The van der Waals surface area contributed by atoms with Gasteiger partial charge in [0.2, 0.25) is 5.91 Å². The number of hydrogen-bond acceptors (Lipinski definition) is 7. The van der Waals surface area contributed by atoms with E-state index in [9.17, 15) is 9.59 Å². The number of nitrogens with two attached hydrogens (primary N) is 2. The summed E-state index contributed by atoms with van der Waals surface area (Å²) < 4.78 is 13.4. The minimum absolute atomic E-state index is 0.0557. The van der Waals surface area contributed by atoms with Gasteiger partial charge in [0.05, 0.1) is 41.6 Å². The van der Waals surface area contributed by atoms with Crippen LogP contribution in [0.15, 0.2) is 30.5 Å². The fourth-order valence-electron chi connectivity index (χ4n) is 4.60. The summed E-state index contributed by atoms with van der Waals surface area (Å²) in [5.74, 6) is 0.127. The van der Waals surface area contributed by atoms with Gasteiger partial charge in [0.15, 0.2) is 5.06 Å². The third-order valence-corrected chi connectivity index (χ3v) is 7.45.